The lowest BCUT2D eigenvalue weighted by Gasteiger charge is -2.49. The van der Waals surface area contributed by atoms with E-state index in [0.29, 0.717) is 0 Å². The van der Waals surface area contributed by atoms with Gasteiger partial charge in [0.15, 0.2) is 12.6 Å². The lowest BCUT2D eigenvalue weighted by atomic mass is 9.84. The molecule has 200 valence electrons. The van der Waals surface area contributed by atoms with Crippen molar-refractivity contribution in [1.82, 2.24) is 5.32 Å². The van der Waals surface area contributed by atoms with Gasteiger partial charge in [0.05, 0.1) is 24.8 Å². The van der Waals surface area contributed by atoms with Crippen LogP contribution in [0.4, 0.5) is 0 Å². The van der Waals surface area contributed by atoms with Crippen LogP contribution in [0.3, 0.4) is 0 Å². The lowest BCUT2D eigenvalue weighted by Crippen LogP contribution is -2.69. The van der Waals surface area contributed by atoms with Crippen molar-refractivity contribution in [2.24, 2.45) is 17.2 Å². The molecule has 3 fully saturated rings. The minimum Gasteiger partial charge on any atom is -0.391 e. The van der Waals surface area contributed by atoms with Crippen molar-refractivity contribution in [3.8, 4) is 0 Å². The second kappa shape index (κ2) is 10.8. The number of likely N-dealkylation sites (N-methyl/N-ethyl adjacent to an activating group) is 1. The number of nitrogens with one attached hydrogen (secondary N) is 1. The number of nitrogens with two attached hydrogens (primary N) is 3. The Hall–Kier alpha value is -0.560. The molecule has 0 bridgehead atoms. The van der Waals surface area contributed by atoms with Crippen LogP contribution in [0.5, 0.6) is 0 Å². The first-order valence-corrected chi connectivity index (χ1v) is 11.4. The first kappa shape index (κ1) is 28.0. The van der Waals surface area contributed by atoms with Crippen LogP contribution in [-0.2, 0) is 18.9 Å². The van der Waals surface area contributed by atoms with Crippen LogP contribution in [0.2, 0.25) is 0 Å². The fraction of sp³-hybridized carbons (Fsp3) is 1.00. The third-order valence-corrected chi connectivity index (χ3v) is 6.95. The van der Waals surface area contributed by atoms with Gasteiger partial charge in [0, 0.05) is 12.1 Å². The second-order valence-corrected chi connectivity index (χ2v) is 9.82. The Kier molecular flexibility index (Phi) is 8.92. The van der Waals surface area contributed by atoms with Crippen LogP contribution < -0.4 is 22.5 Å². The van der Waals surface area contributed by atoms with Crippen molar-refractivity contribution in [3.63, 3.8) is 0 Å². The van der Waals surface area contributed by atoms with Gasteiger partial charge in [0.2, 0.25) is 0 Å². The summed E-state index contributed by atoms with van der Waals surface area (Å²) in [5.74, 6) is 0. The number of rotatable bonds is 6. The third-order valence-electron chi connectivity index (χ3n) is 6.95. The van der Waals surface area contributed by atoms with Crippen LogP contribution in [-0.4, -0.2) is 135 Å². The maximum atomic E-state index is 11.1. The normalized spacial score (nSPS) is 53.5. The van der Waals surface area contributed by atoms with E-state index in [1.54, 1.807) is 7.05 Å². The standard InChI is InChI=1S/C20H40N4O10/c1-6(25)14-11(27)10(26)9(23)18(32-14)33-15-7(21)4-8(22)16(12(15)28)34-19-13(29)17(24-3)20(2,30)5-31-19/h6-19,24-30H,4-5,21-23H2,1-3H3/t6?,7-,8+,9+,10+,11-,12+,13+,14+,15+,16-,17+,18+,19+,20-/m0/s1. The summed E-state index contributed by atoms with van der Waals surface area (Å²) in [5, 5.41) is 65.2. The maximum absolute atomic E-state index is 11.1. The average molecular weight is 497 g/mol. The van der Waals surface area contributed by atoms with E-state index in [1.807, 2.05) is 0 Å². The van der Waals surface area contributed by atoms with Crippen molar-refractivity contribution in [2.75, 3.05) is 13.7 Å². The van der Waals surface area contributed by atoms with Crippen LogP contribution >= 0.6 is 0 Å². The fourth-order valence-electron chi connectivity index (χ4n) is 4.95. The molecule has 0 aromatic carbocycles. The Morgan fingerprint density at radius 2 is 1.50 bits per heavy atom. The molecular weight excluding hydrogens is 456 g/mol. The van der Waals surface area contributed by atoms with Gasteiger partial charge in [-0.2, -0.15) is 0 Å². The monoisotopic (exact) mass is 496 g/mol. The van der Waals surface area contributed by atoms with E-state index in [1.165, 1.54) is 13.8 Å². The first-order chi connectivity index (χ1) is 15.8. The average Bonchev–Trinajstić information content (AvgIpc) is 2.75. The largest absolute Gasteiger partial charge is 0.391 e. The zero-order chi connectivity index (χ0) is 25.5. The minimum atomic E-state index is -1.46. The smallest absolute Gasteiger partial charge is 0.185 e. The lowest BCUT2D eigenvalue weighted by molar-refractivity contribution is -0.319. The molecule has 1 saturated carbocycles. The highest BCUT2D eigenvalue weighted by Gasteiger charge is 2.52. The quantitative estimate of drug-likeness (QED) is 0.165. The molecule has 0 radical (unpaired) electrons. The van der Waals surface area contributed by atoms with Gasteiger partial charge in [-0.1, -0.05) is 0 Å². The zero-order valence-corrected chi connectivity index (χ0v) is 19.5. The predicted molar refractivity (Wildman–Crippen MR) is 116 cm³/mol. The maximum Gasteiger partial charge on any atom is 0.185 e. The van der Waals surface area contributed by atoms with E-state index in [4.69, 9.17) is 36.1 Å². The highest BCUT2D eigenvalue weighted by Crippen LogP contribution is 2.32. The summed E-state index contributed by atoms with van der Waals surface area (Å²) in [5.41, 5.74) is 17.0. The Morgan fingerprint density at radius 1 is 0.941 bits per heavy atom. The molecule has 2 heterocycles. The molecule has 1 unspecified atom stereocenters. The molecule has 3 aliphatic rings. The molecule has 14 heteroatoms. The summed E-state index contributed by atoms with van der Waals surface area (Å²) in [7, 11) is 1.58. The van der Waals surface area contributed by atoms with E-state index >= 15 is 0 Å². The van der Waals surface area contributed by atoms with Gasteiger partial charge in [-0.05, 0) is 27.3 Å². The van der Waals surface area contributed by atoms with E-state index < -0.39 is 91.2 Å². The number of aliphatic hydroxyl groups excluding tert-OH is 5. The van der Waals surface area contributed by atoms with Crippen molar-refractivity contribution in [2.45, 2.75) is 111 Å². The molecule has 0 aromatic heterocycles. The highest BCUT2D eigenvalue weighted by molar-refractivity contribution is 5.02. The van der Waals surface area contributed by atoms with Gasteiger partial charge in [-0.25, -0.2) is 0 Å². The Labute approximate surface area is 197 Å². The summed E-state index contributed by atoms with van der Waals surface area (Å²) in [4.78, 5) is 0. The molecule has 15 atom stereocenters. The zero-order valence-electron chi connectivity index (χ0n) is 19.5. The Morgan fingerprint density at radius 3 is 2.03 bits per heavy atom. The summed E-state index contributed by atoms with van der Waals surface area (Å²) >= 11 is 0. The molecule has 2 aliphatic heterocycles. The molecule has 0 spiro atoms. The van der Waals surface area contributed by atoms with Crippen molar-refractivity contribution in [1.29, 1.82) is 0 Å². The molecule has 34 heavy (non-hydrogen) atoms. The van der Waals surface area contributed by atoms with Gasteiger partial charge in [-0.3, -0.25) is 0 Å². The Bertz CT molecular complexity index is 675. The van der Waals surface area contributed by atoms with E-state index in [2.05, 4.69) is 5.32 Å². The molecule has 14 nitrogen and oxygen atoms in total. The molecule has 0 amide bonds. The highest BCUT2D eigenvalue weighted by atomic mass is 16.7. The molecule has 3 rings (SSSR count). The molecular formula is C20H40N4O10. The van der Waals surface area contributed by atoms with Crippen molar-refractivity contribution >= 4 is 0 Å². The first-order valence-electron chi connectivity index (χ1n) is 11.4. The number of hydrogen-bond donors (Lipinski definition) is 10. The Balaban J connectivity index is 1.73. The molecule has 13 N–H and O–H groups in total. The van der Waals surface area contributed by atoms with Crippen molar-refractivity contribution < 1.29 is 49.6 Å². The fourth-order valence-corrected chi connectivity index (χ4v) is 4.95. The second-order valence-electron chi connectivity index (χ2n) is 9.82. The van der Waals surface area contributed by atoms with Crippen molar-refractivity contribution in [3.05, 3.63) is 0 Å². The number of aliphatic hydroxyl groups is 6. The predicted octanol–water partition coefficient (Wildman–Crippen LogP) is -5.61. The van der Waals surface area contributed by atoms with Gasteiger partial charge in [-0.15, -0.1) is 0 Å². The van der Waals surface area contributed by atoms with E-state index in [-0.39, 0.29) is 13.0 Å². The van der Waals surface area contributed by atoms with Crippen LogP contribution in [0.25, 0.3) is 0 Å². The summed E-state index contributed by atoms with van der Waals surface area (Å²) in [6.07, 6.45) is -12.4. The van der Waals surface area contributed by atoms with Gasteiger partial charge < -0.3 is 72.1 Å². The van der Waals surface area contributed by atoms with E-state index in [9.17, 15) is 30.6 Å². The minimum absolute atomic E-state index is 0.135. The van der Waals surface area contributed by atoms with Gasteiger partial charge in [0.25, 0.3) is 0 Å². The van der Waals surface area contributed by atoms with Crippen LogP contribution in [0.1, 0.15) is 20.3 Å². The van der Waals surface area contributed by atoms with E-state index in [0.717, 1.165) is 0 Å². The van der Waals surface area contributed by atoms with Crippen LogP contribution in [0, 0.1) is 0 Å². The third kappa shape index (κ3) is 5.40. The number of ether oxygens (including phenoxy) is 4. The van der Waals surface area contributed by atoms with Gasteiger partial charge in [0.1, 0.15) is 48.3 Å². The summed E-state index contributed by atoms with van der Waals surface area (Å²) in [6, 6.07) is -3.47. The van der Waals surface area contributed by atoms with Gasteiger partial charge >= 0.3 is 0 Å². The molecule has 2 saturated heterocycles. The molecule has 0 aromatic rings. The number of hydrogen-bond acceptors (Lipinski definition) is 14. The summed E-state index contributed by atoms with van der Waals surface area (Å²) < 4.78 is 22.8. The SMILES string of the molecule is CN[C@@H]1[C@@H](O)[C@@H](O[C@@H]2[C@H](O)[C@H](O[C@H]3O[C@H](C(C)O)[C@@H](O)[C@H](O)[C@H]3N)[C@@H](N)C[C@H]2N)OC[C@]1(C)O. The topological polar surface area (TPSA) is 248 Å². The molecule has 1 aliphatic carbocycles. The van der Waals surface area contributed by atoms with Crippen LogP contribution in [0.15, 0.2) is 0 Å². The summed E-state index contributed by atoms with van der Waals surface area (Å²) in [6.45, 7) is 2.75.